The normalized spacial score (nSPS) is 45.6. The molecule has 4 saturated carbocycles. The molecule has 4 aliphatic carbocycles. The van der Waals surface area contributed by atoms with Gasteiger partial charge in [-0.05, 0) is 121 Å². The lowest BCUT2D eigenvalue weighted by molar-refractivity contribution is -0.207. The number of nitrogens with zero attached hydrogens (tertiary/aromatic N) is 1. The Kier molecular flexibility index (Phi) is 7.68. The quantitative estimate of drug-likeness (QED) is 0.281. The van der Waals surface area contributed by atoms with E-state index in [1.165, 1.54) is 18.4 Å². The molecule has 0 aromatic rings. The third-order valence-electron chi connectivity index (χ3n) is 10.7. The number of rotatable bonds is 8. The van der Waals surface area contributed by atoms with Gasteiger partial charge in [-0.1, -0.05) is 25.5 Å². The lowest BCUT2D eigenvalue weighted by atomic mass is 9.43. The molecule has 4 aliphatic rings. The summed E-state index contributed by atoms with van der Waals surface area (Å²) in [4.78, 5) is 7.80. The molecule has 3 unspecified atom stereocenters. The van der Waals surface area contributed by atoms with Crippen LogP contribution in [0.4, 0.5) is 0 Å². The summed E-state index contributed by atoms with van der Waals surface area (Å²) in [7, 11) is 4.17. The van der Waals surface area contributed by atoms with E-state index in [0.29, 0.717) is 29.1 Å². The van der Waals surface area contributed by atoms with E-state index in [2.05, 4.69) is 51.3 Å². The summed E-state index contributed by atoms with van der Waals surface area (Å²) in [5.41, 5.74) is 4.19. The monoisotopic (exact) mass is 462 g/mol. The molecule has 0 spiro atoms. The van der Waals surface area contributed by atoms with Gasteiger partial charge in [0.2, 0.25) is 0 Å². The van der Waals surface area contributed by atoms with E-state index in [0.717, 1.165) is 71.1 Å². The van der Waals surface area contributed by atoms with Crippen LogP contribution in [0.15, 0.2) is 11.6 Å². The van der Waals surface area contributed by atoms with Crippen molar-refractivity contribution in [1.29, 1.82) is 0 Å². The summed E-state index contributed by atoms with van der Waals surface area (Å²) in [6.07, 6.45) is 13.1. The number of hydroxylamine groups is 1. The molecule has 0 aliphatic heterocycles. The molecule has 5 nitrogen and oxygen atoms in total. The van der Waals surface area contributed by atoms with Crippen molar-refractivity contribution in [2.24, 2.45) is 34.5 Å². The summed E-state index contributed by atoms with van der Waals surface area (Å²) >= 11 is 0. The Balaban J connectivity index is 1.39. The SMILES string of the molecule is C/C(=C\C1CC[C@@]2(O)[C@@H]3CCC4CC(O)CC[C@]4(C)[C@@H]3CC[C@]12C)CNOCCCN(C)C. The van der Waals surface area contributed by atoms with Crippen LogP contribution in [0.2, 0.25) is 0 Å². The van der Waals surface area contributed by atoms with E-state index in [9.17, 15) is 10.2 Å². The second-order valence-corrected chi connectivity index (χ2v) is 12.8. The second-order valence-electron chi connectivity index (χ2n) is 12.8. The smallest absolute Gasteiger partial charge is 0.0737 e. The first-order chi connectivity index (χ1) is 15.6. The van der Waals surface area contributed by atoms with Gasteiger partial charge in [-0.3, -0.25) is 0 Å². The van der Waals surface area contributed by atoms with Crippen molar-refractivity contribution in [2.75, 3.05) is 33.8 Å². The minimum Gasteiger partial charge on any atom is -0.393 e. The first-order valence-electron chi connectivity index (χ1n) is 13.7. The first-order valence-corrected chi connectivity index (χ1v) is 13.7. The van der Waals surface area contributed by atoms with E-state index in [1.807, 2.05) is 0 Å². The van der Waals surface area contributed by atoms with Crippen molar-refractivity contribution in [3.63, 3.8) is 0 Å². The minimum absolute atomic E-state index is 0.0284. The molecule has 8 atom stereocenters. The van der Waals surface area contributed by atoms with Gasteiger partial charge in [0, 0.05) is 12.0 Å². The summed E-state index contributed by atoms with van der Waals surface area (Å²) in [6.45, 7) is 9.59. The predicted molar refractivity (Wildman–Crippen MR) is 134 cm³/mol. The Labute approximate surface area is 202 Å². The molecular formula is C28H50N2O3. The number of aliphatic hydroxyl groups is 2. The van der Waals surface area contributed by atoms with Crippen LogP contribution in [-0.2, 0) is 4.84 Å². The van der Waals surface area contributed by atoms with Crippen LogP contribution < -0.4 is 5.48 Å². The molecule has 33 heavy (non-hydrogen) atoms. The average Bonchev–Trinajstić information content (AvgIpc) is 3.02. The van der Waals surface area contributed by atoms with Gasteiger partial charge in [0.05, 0.1) is 18.3 Å². The van der Waals surface area contributed by atoms with E-state index in [-0.39, 0.29) is 11.5 Å². The highest BCUT2D eigenvalue weighted by Gasteiger charge is 2.66. The van der Waals surface area contributed by atoms with Gasteiger partial charge in [0.15, 0.2) is 0 Å². The fraction of sp³-hybridized carbons (Fsp3) is 0.929. The molecule has 4 rings (SSSR count). The zero-order valence-electron chi connectivity index (χ0n) is 21.9. The Morgan fingerprint density at radius 3 is 2.61 bits per heavy atom. The van der Waals surface area contributed by atoms with Crippen LogP contribution in [0.3, 0.4) is 0 Å². The highest BCUT2D eigenvalue weighted by Crippen LogP contribution is 2.69. The van der Waals surface area contributed by atoms with Crippen molar-refractivity contribution in [3.8, 4) is 0 Å². The zero-order valence-corrected chi connectivity index (χ0v) is 21.9. The molecule has 0 amide bonds. The standard InChI is InChI=1S/C28H50N2O3/c1-20(19-29-33-16-6-15-30(4)5)17-22-9-14-28(32)25-8-7-21-18-23(31)10-12-26(21,2)24(25)11-13-27(22,28)3/h17,21-25,29,31-32H,6-16,18-19H2,1-5H3/b20-17+/t21?,22?,23?,24-,25-,26+,27-,28-/m1/s1. The lowest BCUT2D eigenvalue weighted by Crippen LogP contribution is -2.62. The first kappa shape index (κ1) is 25.6. The van der Waals surface area contributed by atoms with E-state index < -0.39 is 5.60 Å². The van der Waals surface area contributed by atoms with Crippen molar-refractivity contribution in [3.05, 3.63) is 11.6 Å². The molecular weight excluding hydrogens is 412 g/mol. The maximum absolute atomic E-state index is 12.3. The number of hydrogen-bond acceptors (Lipinski definition) is 5. The van der Waals surface area contributed by atoms with Crippen LogP contribution in [0.5, 0.6) is 0 Å². The van der Waals surface area contributed by atoms with Crippen LogP contribution in [-0.4, -0.2) is 60.6 Å². The predicted octanol–water partition coefficient (Wildman–Crippen LogP) is 4.54. The van der Waals surface area contributed by atoms with E-state index >= 15 is 0 Å². The van der Waals surface area contributed by atoms with Gasteiger partial charge >= 0.3 is 0 Å². The second kappa shape index (κ2) is 9.89. The van der Waals surface area contributed by atoms with Gasteiger partial charge in [-0.15, -0.1) is 0 Å². The van der Waals surface area contributed by atoms with E-state index in [1.54, 1.807) is 0 Å². The molecule has 0 bridgehead atoms. The van der Waals surface area contributed by atoms with Crippen LogP contribution >= 0.6 is 0 Å². The number of nitrogens with one attached hydrogen (secondary N) is 1. The third-order valence-corrected chi connectivity index (χ3v) is 10.7. The summed E-state index contributed by atoms with van der Waals surface area (Å²) < 4.78 is 0. The molecule has 4 fully saturated rings. The van der Waals surface area contributed by atoms with Gasteiger partial charge < -0.3 is 20.0 Å². The van der Waals surface area contributed by atoms with E-state index in [4.69, 9.17) is 4.84 Å². The zero-order chi connectivity index (χ0) is 23.9. The maximum atomic E-state index is 12.3. The number of fused-ring (bicyclic) bond motifs is 5. The van der Waals surface area contributed by atoms with Crippen LogP contribution in [0, 0.1) is 34.5 Å². The Morgan fingerprint density at radius 2 is 1.85 bits per heavy atom. The Hall–Kier alpha value is -0.460. The van der Waals surface area contributed by atoms with Gasteiger partial charge in [-0.25, -0.2) is 0 Å². The van der Waals surface area contributed by atoms with Gasteiger partial charge in [-0.2, -0.15) is 5.48 Å². The number of hydrogen-bond donors (Lipinski definition) is 3. The van der Waals surface area contributed by atoms with Crippen molar-refractivity contribution < 1.29 is 15.1 Å². The third kappa shape index (κ3) is 4.70. The van der Waals surface area contributed by atoms with Gasteiger partial charge in [0.1, 0.15) is 0 Å². The highest BCUT2D eigenvalue weighted by atomic mass is 16.6. The Bertz CT molecular complexity index is 711. The topological polar surface area (TPSA) is 65.0 Å². The van der Waals surface area contributed by atoms with Gasteiger partial charge in [0.25, 0.3) is 0 Å². The van der Waals surface area contributed by atoms with Crippen LogP contribution in [0.1, 0.15) is 85.0 Å². The lowest BCUT2D eigenvalue weighted by Gasteiger charge is -2.63. The molecule has 0 heterocycles. The molecule has 190 valence electrons. The molecule has 0 radical (unpaired) electrons. The summed E-state index contributed by atoms with van der Waals surface area (Å²) in [6, 6.07) is 0. The molecule has 0 aromatic carbocycles. The summed E-state index contributed by atoms with van der Waals surface area (Å²) in [5.74, 6) is 2.11. The number of allylic oxidation sites excluding steroid dienone is 1. The molecule has 0 saturated heterocycles. The maximum Gasteiger partial charge on any atom is 0.0737 e. The van der Waals surface area contributed by atoms with Crippen LogP contribution in [0.25, 0.3) is 0 Å². The van der Waals surface area contributed by atoms with Crippen molar-refractivity contribution in [1.82, 2.24) is 10.4 Å². The fourth-order valence-electron chi connectivity index (χ4n) is 8.60. The van der Waals surface area contributed by atoms with Crippen molar-refractivity contribution >= 4 is 0 Å². The minimum atomic E-state index is -0.544. The average molecular weight is 463 g/mol. The number of aliphatic hydroxyl groups excluding tert-OH is 1. The highest BCUT2D eigenvalue weighted by molar-refractivity contribution is 5.21. The molecule has 0 aromatic heterocycles. The molecule has 5 heteroatoms. The summed E-state index contributed by atoms with van der Waals surface area (Å²) in [5, 5.41) is 22.6. The Morgan fingerprint density at radius 1 is 1.06 bits per heavy atom. The largest absolute Gasteiger partial charge is 0.393 e. The molecule has 3 N–H and O–H groups in total. The fourth-order valence-corrected chi connectivity index (χ4v) is 8.60. The van der Waals surface area contributed by atoms with Crippen molar-refractivity contribution in [2.45, 2.75) is 96.7 Å².